The molecule has 0 saturated carbocycles. The maximum Gasteiger partial charge on any atom is 0.213 e. The Bertz CT molecular complexity index is 448. The number of hydrogen-bond acceptors (Lipinski definition) is 4. The molecule has 2 rings (SSSR count). The van der Waals surface area contributed by atoms with Crippen molar-refractivity contribution in [1.82, 2.24) is 15.2 Å². The van der Waals surface area contributed by atoms with E-state index in [1.165, 1.54) is 24.9 Å². The highest BCUT2D eigenvalue weighted by atomic mass is 16.5. The molecule has 1 unspecified atom stereocenters. The molecule has 1 aromatic heterocycles. The number of rotatable bonds is 7. The zero-order valence-corrected chi connectivity index (χ0v) is 13.9. The SMILES string of the molecule is CNCc1cc(OCCC2CCCN2C)nc(C(C)C)c1. The highest BCUT2D eigenvalue weighted by molar-refractivity contribution is 5.26. The normalized spacial score (nSPS) is 19.4. The third-order valence-electron chi connectivity index (χ3n) is 4.23. The van der Waals surface area contributed by atoms with E-state index >= 15 is 0 Å². The van der Waals surface area contributed by atoms with Crippen molar-refractivity contribution < 1.29 is 4.74 Å². The smallest absolute Gasteiger partial charge is 0.213 e. The third kappa shape index (κ3) is 4.68. The summed E-state index contributed by atoms with van der Waals surface area (Å²) in [6.45, 7) is 7.16. The second kappa shape index (κ2) is 7.76. The number of ether oxygens (including phenoxy) is 1. The molecule has 1 N–H and O–H groups in total. The average molecular weight is 291 g/mol. The first-order chi connectivity index (χ1) is 10.1. The third-order valence-corrected chi connectivity index (χ3v) is 4.23. The maximum absolute atomic E-state index is 5.93. The number of hydrogen-bond donors (Lipinski definition) is 1. The Balaban J connectivity index is 1.94. The lowest BCUT2D eigenvalue weighted by molar-refractivity contribution is 0.228. The summed E-state index contributed by atoms with van der Waals surface area (Å²) in [4.78, 5) is 7.07. The molecular weight excluding hydrogens is 262 g/mol. The quantitative estimate of drug-likeness (QED) is 0.838. The molecule has 1 atom stereocenters. The van der Waals surface area contributed by atoms with Gasteiger partial charge in [0.15, 0.2) is 0 Å². The molecule has 1 aliphatic rings. The summed E-state index contributed by atoms with van der Waals surface area (Å²) in [6, 6.07) is 4.90. The Labute approximate surface area is 128 Å². The molecule has 1 fully saturated rings. The van der Waals surface area contributed by atoms with Crippen molar-refractivity contribution in [2.75, 3.05) is 27.2 Å². The summed E-state index contributed by atoms with van der Waals surface area (Å²) in [5, 5.41) is 3.19. The highest BCUT2D eigenvalue weighted by Crippen LogP contribution is 2.21. The van der Waals surface area contributed by atoms with Crippen LogP contribution in [-0.4, -0.2) is 43.2 Å². The van der Waals surface area contributed by atoms with Crippen LogP contribution < -0.4 is 10.1 Å². The summed E-state index contributed by atoms with van der Waals surface area (Å²) in [7, 11) is 4.17. The van der Waals surface area contributed by atoms with Gasteiger partial charge in [-0.05, 0) is 57.5 Å². The van der Waals surface area contributed by atoms with Crippen molar-refractivity contribution >= 4 is 0 Å². The van der Waals surface area contributed by atoms with Crippen molar-refractivity contribution in [3.63, 3.8) is 0 Å². The fourth-order valence-corrected chi connectivity index (χ4v) is 2.90. The van der Waals surface area contributed by atoms with Gasteiger partial charge in [0.05, 0.1) is 6.61 Å². The van der Waals surface area contributed by atoms with Crippen LogP contribution in [0, 0.1) is 0 Å². The molecule has 21 heavy (non-hydrogen) atoms. The van der Waals surface area contributed by atoms with Crippen molar-refractivity contribution in [3.8, 4) is 5.88 Å². The van der Waals surface area contributed by atoms with Gasteiger partial charge in [-0.1, -0.05) is 13.8 Å². The minimum absolute atomic E-state index is 0.421. The zero-order valence-electron chi connectivity index (χ0n) is 13.9. The van der Waals surface area contributed by atoms with Crippen LogP contribution in [0.1, 0.15) is 50.3 Å². The Morgan fingerprint density at radius 3 is 2.86 bits per heavy atom. The van der Waals surface area contributed by atoms with Crippen LogP contribution in [0.5, 0.6) is 5.88 Å². The van der Waals surface area contributed by atoms with Crippen LogP contribution in [0.3, 0.4) is 0 Å². The van der Waals surface area contributed by atoms with Crippen molar-refractivity contribution in [1.29, 1.82) is 0 Å². The number of aromatic nitrogens is 1. The summed E-state index contributed by atoms with van der Waals surface area (Å²) < 4.78 is 5.93. The van der Waals surface area contributed by atoms with Gasteiger partial charge in [-0.2, -0.15) is 0 Å². The van der Waals surface area contributed by atoms with Gasteiger partial charge in [-0.15, -0.1) is 0 Å². The first-order valence-electron chi connectivity index (χ1n) is 8.08. The average Bonchev–Trinajstić information content (AvgIpc) is 2.84. The lowest BCUT2D eigenvalue weighted by atomic mass is 10.1. The second-order valence-corrected chi connectivity index (χ2v) is 6.34. The van der Waals surface area contributed by atoms with Crippen LogP contribution in [0.15, 0.2) is 12.1 Å². The molecular formula is C17H29N3O. The predicted octanol–water partition coefficient (Wildman–Crippen LogP) is 2.79. The van der Waals surface area contributed by atoms with Gasteiger partial charge in [-0.25, -0.2) is 4.98 Å². The van der Waals surface area contributed by atoms with Crippen LogP contribution in [-0.2, 0) is 6.54 Å². The van der Waals surface area contributed by atoms with Gasteiger partial charge >= 0.3 is 0 Å². The van der Waals surface area contributed by atoms with E-state index in [-0.39, 0.29) is 0 Å². The molecule has 4 heteroatoms. The minimum atomic E-state index is 0.421. The van der Waals surface area contributed by atoms with Crippen molar-refractivity contribution in [3.05, 3.63) is 23.4 Å². The number of likely N-dealkylation sites (tertiary alicyclic amines) is 1. The Morgan fingerprint density at radius 1 is 1.43 bits per heavy atom. The number of nitrogens with one attached hydrogen (secondary N) is 1. The van der Waals surface area contributed by atoms with Crippen LogP contribution in [0.2, 0.25) is 0 Å². The van der Waals surface area contributed by atoms with Crippen molar-refractivity contribution in [2.24, 2.45) is 0 Å². The van der Waals surface area contributed by atoms with E-state index < -0.39 is 0 Å². The highest BCUT2D eigenvalue weighted by Gasteiger charge is 2.20. The molecule has 0 radical (unpaired) electrons. The van der Waals surface area contributed by atoms with Crippen LogP contribution in [0.25, 0.3) is 0 Å². The van der Waals surface area contributed by atoms with Crippen LogP contribution in [0.4, 0.5) is 0 Å². The molecule has 0 amide bonds. The predicted molar refractivity (Wildman–Crippen MR) is 86.9 cm³/mol. The summed E-state index contributed by atoms with van der Waals surface area (Å²) in [5.41, 5.74) is 2.35. The molecule has 0 aromatic carbocycles. The standard InChI is InChI=1S/C17H29N3O/c1-13(2)16-10-14(12-18-3)11-17(19-16)21-9-7-15-6-5-8-20(15)4/h10-11,13,15,18H,5-9,12H2,1-4H3. The van der Waals surface area contributed by atoms with Crippen molar-refractivity contribution in [2.45, 2.75) is 51.6 Å². The summed E-state index contributed by atoms with van der Waals surface area (Å²) in [5.74, 6) is 1.19. The zero-order chi connectivity index (χ0) is 15.2. The number of pyridine rings is 1. The van der Waals surface area contributed by atoms with Gasteiger partial charge < -0.3 is 15.0 Å². The molecule has 0 spiro atoms. The lowest BCUT2D eigenvalue weighted by Crippen LogP contribution is -2.26. The topological polar surface area (TPSA) is 37.4 Å². The molecule has 1 aliphatic heterocycles. The van der Waals surface area contributed by atoms with Gasteiger partial charge in [0.1, 0.15) is 0 Å². The van der Waals surface area contributed by atoms with E-state index in [0.717, 1.165) is 31.1 Å². The Kier molecular flexibility index (Phi) is 6.00. The number of nitrogens with zero attached hydrogens (tertiary/aromatic N) is 2. The Hall–Kier alpha value is -1.13. The molecule has 1 aromatic rings. The van der Waals surface area contributed by atoms with E-state index in [0.29, 0.717) is 12.0 Å². The van der Waals surface area contributed by atoms with E-state index in [1.54, 1.807) is 0 Å². The molecule has 0 bridgehead atoms. The van der Waals surface area contributed by atoms with E-state index in [9.17, 15) is 0 Å². The summed E-state index contributed by atoms with van der Waals surface area (Å²) in [6.07, 6.45) is 3.70. The minimum Gasteiger partial charge on any atom is -0.478 e. The van der Waals surface area contributed by atoms with E-state index in [4.69, 9.17) is 4.74 Å². The molecule has 0 aliphatic carbocycles. The molecule has 4 nitrogen and oxygen atoms in total. The molecule has 1 saturated heterocycles. The monoisotopic (exact) mass is 291 g/mol. The van der Waals surface area contributed by atoms with E-state index in [2.05, 4.69) is 48.2 Å². The van der Waals surface area contributed by atoms with Gasteiger partial charge in [0.25, 0.3) is 0 Å². The van der Waals surface area contributed by atoms with Gasteiger partial charge in [0, 0.05) is 24.3 Å². The molecule has 118 valence electrons. The fourth-order valence-electron chi connectivity index (χ4n) is 2.90. The summed E-state index contributed by atoms with van der Waals surface area (Å²) >= 11 is 0. The van der Waals surface area contributed by atoms with Crippen LogP contribution >= 0.6 is 0 Å². The Morgan fingerprint density at radius 2 is 2.24 bits per heavy atom. The largest absolute Gasteiger partial charge is 0.478 e. The second-order valence-electron chi connectivity index (χ2n) is 6.34. The van der Waals surface area contributed by atoms with Gasteiger partial charge in [0.2, 0.25) is 5.88 Å². The first kappa shape index (κ1) is 16.2. The van der Waals surface area contributed by atoms with Gasteiger partial charge in [-0.3, -0.25) is 0 Å². The fraction of sp³-hybridized carbons (Fsp3) is 0.706. The molecule has 2 heterocycles. The first-order valence-corrected chi connectivity index (χ1v) is 8.08. The lowest BCUT2D eigenvalue weighted by Gasteiger charge is -2.19. The van der Waals surface area contributed by atoms with E-state index in [1.807, 2.05) is 7.05 Å². The maximum atomic E-state index is 5.93.